The van der Waals surface area contributed by atoms with E-state index in [1.54, 1.807) is 24.3 Å². The van der Waals surface area contributed by atoms with Crippen LogP contribution in [0.3, 0.4) is 0 Å². The van der Waals surface area contributed by atoms with Crippen molar-refractivity contribution >= 4 is 23.3 Å². The fraction of sp³-hybridized carbons (Fsp3) is 0.150. The van der Waals surface area contributed by atoms with Crippen molar-refractivity contribution in [3.05, 3.63) is 88.3 Å². The maximum atomic E-state index is 12.9. The van der Waals surface area contributed by atoms with Gasteiger partial charge in [-0.05, 0) is 53.9 Å². The van der Waals surface area contributed by atoms with Gasteiger partial charge in [-0.2, -0.15) is 0 Å². The molecule has 7 heteroatoms. The SMILES string of the molecule is O=C(NCc1ccc(F)cc1)c1ccc(NCCc2cccc(Cl)c2)nn1. The van der Waals surface area contributed by atoms with Crippen LogP contribution in [0, 0.1) is 5.82 Å². The van der Waals surface area contributed by atoms with Gasteiger partial charge in [0.05, 0.1) is 0 Å². The Labute approximate surface area is 161 Å². The van der Waals surface area contributed by atoms with Gasteiger partial charge in [0.25, 0.3) is 5.91 Å². The summed E-state index contributed by atoms with van der Waals surface area (Å²) in [5.41, 5.74) is 2.15. The lowest BCUT2D eigenvalue weighted by atomic mass is 10.1. The molecule has 5 nitrogen and oxygen atoms in total. The number of benzene rings is 2. The number of carbonyl (C=O) groups excluding carboxylic acids is 1. The van der Waals surface area contributed by atoms with Gasteiger partial charge in [0.15, 0.2) is 5.69 Å². The fourth-order valence-corrected chi connectivity index (χ4v) is 2.66. The second-order valence-corrected chi connectivity index (χ2v) is 6.36. The zero-order chi connectivity index (χ0) is 19.1. The van der Waals surface area contributed by atoms with E-state index in [0.717, 1.165) is 17.5 Å². The molecule has 0 aliphatic heterocycles. The summed E-state index contributed by atoms with van der Waals surface area (Å²) in [4.78, 5) is 12.1. The molecule has 0 saturated carbocycles. The number of amides is 1. The summed E-state index contributed by atoms with van der Waals surface area (Å²) in [7, 11) is 0. The molecule has 3 aromatic rings. The number of nitrogens with one attached hydrogen (secondary N) is 2. The van der Waals surface area contributed by atoms with E-state index >= 15 is 0 Å². The molecule has 0 unspecified atom stereocenters. The molecular weight excluding hydrogens is 367 g/mol. The summed E-state index contributed by atoms with van der Waals surface area (Å²) in [5, 5.41) is 14.6. The lowest BCUT2D eigenvalue weighted by molar-refractivity contribution is 0.0945. The molecule has 2 aromatic carbocycles. The smallest absolute Gasteiger partial charge is 0.272 e. The van der Waals surface area contributed by atoms with Gasteiger partial charge in [-0.25, -0.2) is 4.39 Å². The van der Waals surface area contributed by atoms with E-state index in [4.69, 9.17) is 11.6 Å². The molecule has 138 valence electrons. The van der Waals surface area contributed by atoms with Gasteiger partial charge in [0.1, 0.15) is 11.6 Å². The van der Waals surface area contributed by atoms with E-state index in [9.17, 15) is 9.18 Å². The molecule has 1 aromatic heterocycles. The summed E-state index contributed by atoms with van der Waals surface area (Å²) in [6.45, 7) is 0.964. The summed E-state index contributed by atoms with van der Waals surface area (Å²) in [6, 6.07) is 16.9. The monoisotopic (exact) mass is 384 g/mol. The van der Waals surface area contributed by atoms with Crippen LogP contribution in [-0.4, -0.2) is 22.6 Å². The van der Waals surface area contributed by atoms with Crippen LogP contribution < -0.4 is 10.6 Å². The molecule has 1 amide bonds. The van der Waals surface area contributed by atoms with Crippen molar-refractivity contribution < 1.29 is 9.18 Å². The van der Waals surface area contributed by atoms with E-state index in [1.165, 1.54) is 12.1 Å². The highest BCUT2D eigenvalue weighted by molar-refractivity contribution is 6.30. The van der Waals surface area contributed by atoms with Gasteiger partial charge >= 0.3 is 0 Å². The summed E-state index contributed by atoms with van der Waals surface area (Å²) >= 11 is 5.96. The second kappa shape index (κ2) is 9.09. The van der Waals surface area contributed by atoms with Crippen molar-refractivity contribution in [1.82, 2.24) is 15.5 Å². The fourth-order valence-electron chi connectivity index (χ4n) is 2.45. The highest BCUT2D eigenvalue weighted by Gasteiger charge is 2.08. The van der Waals surface area contributed by atoms with E-state index in [2.05, 4.69) is 20.8 Å². The lowest BCUT2D eigenvalue weighted by Gasteiger charge is -2.07. The lowest BCUT2D eigenvalue weighted by Crippen LogP contribution is -2.24. The number of rotatable bonds is 7. The van der Waals surface area contributed by atoms with Gasteiger partial charge < -0.3 is 10.6 Å². The Hall–Kier alpha value is -2.99. The Morgan fingerprint density at radius 3 is 2.52 bits per heavy atom. The molecule has 0 radical (unpaired) electrons. The normalized spacial score (nSPS) is 10.4. The first-order chi connectivity index (χ1) is 13.1. The van der Waals surface area contributed by atoms with Gasteiger partial charge in [0, 0.05) is 18.1 Å². The highest BCUT2D eigenvalue weighted by Crippen LogP contribution is 2.11. The molecule has 2 N–H and O–H groups in total. The van der Waals surface area contributed by atoms with E-state index < -0.39 is 0 Å². The second-order valence-electron chi connectivity index (χ2n) is 5.92. The zero-order valence-corrected chi connectivity index (χ0v) is 15.2. The molecule has 0 spiro atoms. The number of carbonyl (C=O) groups is 1. The standard InChI is InChI=1S/C20H18ClFN4O/c21-16-3-1-2-14(12-16)10-11-23-19-9-8-18(25-26-19)20(27)24-13-15-4-6-17(22)7-5-15/h1-9,12H,10-11,13H2,(H,23,26)(H,24,27). The average Bonchev–Trinajstić information content (AvgIpc) is 2.68. The number of aromatic nitrogens is 2. The van der Waals surface area contributed by atoms with E-state index in [0.29, 0.717) is 23.9 Å². The average molecular weight is 385 g/mol. The Morgan fingerprint density at radius 2 is 1.81 bits per heavy atom. The van der Waals surface area contributed by atoms with Crippen LogP contribution >= 0.6 is 11.6 Å². The van der Waals surface area contributed by atoms with Crippen molar-refractivity contribution in [3.8, 4) is 0 Å². The first-order valence-electron chi connectivity index (χ1n) is 8.45. The molecule has 0 aliphatic rings. The minimum absolute atomic E-state index is 0.220. The number of anilines is 1. The van der Waals surface area contributed by atoms with Gasteiger partial charge in [-0.1, -0.05) is 35.9 Å². The van der Waals surface area contributed by atoms with Crippen LogP contribution in [0.2, 0.25) is 5.02 Å². The maximum absolute atomic E-state index is 12.9. The molecule has 1 heterocycles. The minimum atomic E-state index is -0.336. The third-order valence-corrected chi connectivity index (χ3v) is 4.11. The molecule has 27 heavy (non-hydrogen) atoms. The van der Waals surface area contributed by atoms with Crippen molar-refractivity contribution in [3.63, 3.8) is 0 Å². The van der Waals surface area contributed by atoms with Crippen LogP contribution in [0.25, 0.3) is 0 Å². The highest BCUT2D eigenvalue weighted by atomic mass is 35.5. The van der Waals surface area contributed by atoms with Gasteiger partial charge in [-0.15, -0.1) is 10.2 Å². The first kappa shape index (κ1) is 18.8. The molecule has 0 saturated heterocycles. The van der Waals surface area contributed by atoms with Crippen molar-refractivity contribution in [2.45, 2.75) is 13.0 Å². The first-order valence-corrected chi connectivity index (χ1v) is 8.82. The molecule has 3 rings (SSSR count). The predicted molar refractivity (Wildman–Crippen MR) is 103 cm³/mol. The van der Waals surface area contributed by atoms with E-state index in [-0.39, 0.29) is 17.4 Å². The molecule has 0 fully saturated rings. The van der Waals surface area contributed by atoms with Crippen LogP contribution in [-0.2, 0) is 13.0 Å². The molecule has 0 aliphatic carbocycles. The largest absolute Gasteiger partial charge is 0.368 e. The third kappa shape index (κ3) is 5.76. The van der Waals surface area contributed by atoms with Gasteiger partial charge in [-0.3, -0.25) is 4.79 Å². The summed E-state index contributed by atoms with van der Waals surface area (Å²) in [6.07, 6.45) is 0.794. The van der Waals surface area contributed by atoms with Crippen LogP contribution in [0.5, 0.6) is 0 Å². The topological polar surface area (TPSA) is 66.9 Å². The third-order valence-electron chi connectivity index (χ3n) is 3.87. The Bertz CT molecular complexity index is 901. The summed E-state index contributed by atoms with van der Waals surface area (Å²) in [5.74, 6) is -0.0567. The van der Waals surface area contributed by atoms with Crippen LogP contribution in [0.15, 0.2) is 60.7 Å². The zero-order valence-electron chi connectivity index (χ0n) is 14.5. The number of hydrogen-bond donors (Lipinski definition) is 2. The number of nitrogens with zero attached hydrogens (tertiary/aromatic N) is 2. The molecule has 0 atom stereocenters. The van der Waals surface area contributed by atoms with Crippen molar-refractivity contribution in [2.24, 2.45) is 0 Å². The van der Waals surface area contributed by atoms with Crippen molar-refractivity contribution in [1.29, 1.82) is 0 Å². The van der Waals surface area contributed by atoms with Gasteiger partial charge in [0.2, 0.25) is 0 Å². The van der Waals surface area contributed by atoms with Crippen LogP contribution in [0.4, 0.5) is 10.2 Å². The minimum Gasteiger partial charge on any atom is -0.368 e. The Kier molecular flexibility index (Phi) is 6.33. The van der Waals surface area contributed by atoms with Crippen molar-refractivity contribution in [2.75, 3.05) is 11.9 Å². The Balaban J connectivity index is 1.47. The molecule has 0 bridgehead atoms. The summed E-state index contributed by atoms with van der Waals surface area (Å²) < 4.78 is 12.9. The number of halogens is 2. The van der Waals surface area contributed by atoms with Crippen LogP contribution in [0.1, 0.15) is 21.6 Å². The predicted octanol–water partition coefficient (Wildman–Crippen LogP) is 3.85. The molecular formula is C20H18ClFN4O. The maximum Gasteiger partial charge on any atom is 0.272 e. The Morgan fingerprint density at radius 1 is 1.00 bits per heavy atom. The quantitative estimate of drug-likeness (QED) is 0.649. The van der Waals surface area contributed by atoms with E-state index in [1.807, 2.05) is 24.3 Å². The number of hydrogen-bond acceptors (Lipinski definition) is 4.